The molecule has 0 fully saturated rings. The molecule has 1 unspecified atom stereocenters. The highest BCUT2D eigenvalue weighted by Gasteiger charge is 2.26. The Morgan fingerprint density at radius 2 is 1.38 bits per heavy atom. The van der Waals surface area contributed by atoms with Gasteiger partial charge in [-0.3, -0.25) is 9.59 Å². The quantitative estimate of drug-likeness (QED) is 0.0227. The van der Waals surface area contributed by atoms with Gasteiger partial charge in [-0.2, -0.15) is 0 Å². The molecule has 2 N–H and O–H groups in total. The Morgan fingerprint density at radius 3 is 1.88 bits per heavy atom. The van der Waals surface area contributed by atoms with Crippen LogP contribution in [0.2, 0.25) is 0 Å². The SMILES string of the molecule is C#CCCCCCC(C)(C)COCC(C)(C)COc1c(OCCOCCC)cc(C(=O)CC)cc1OCCPCCNCCC.CCCC.CCCC(=O)O.CCCC=O. The second kappa shape index (κ2) is 43.0. The minimum absolute atomic E-state index is 0.0368. The summed E-state index contributed by atoms with van der Waals surface area (Å²) >= 11 is 0. The Balaban J connectivity index is -0.00000183. The number of carboxylic acids is 1. The molecule has 11 heteroatoms. The first kappa shape index (κ1) is 61.6. The highest BCUT2D eigenvalue weighted by atomic mass is 31.1. The molecule has 0 aliphatic carbocycles. The fourth-order valence-electron chi connectivity index (χ4n) is 4.92. The lowest BCUT2D eigenvalue weighted by Crippen LogP contribution is -2.30. The zero-order valence-corrected chi connectivity index (χ0v) is 41.2. The Labute approximate surface area is 369 Å². The minimum atomic E-state index is -0.711. The van der Waals surface area contributed by atoms with Crippen molar-refractivity contribution in [1.82, 2.24) is 5.32 Å². The molecule has 0 spiro atoms. The number of carbonyl (C=O) groups is 3. The summed E-state index contributed by atoms with van der Waals surface area (Å²) < 4.78 is 30.8. The molecule has 0 aromatic heterocycles. The molecular formula is C49H90NO9P. The van der Waals surface area contributed by atoms with Crippen molar-refractivity contribution in [2.24, 2.45) is 10.8 Å². The summed E-state index contributed by atoms with van der Waals surface area (Å²) in [7, 11) is 0.800. The van der Waals surface area contributed by atoms with Crippen molar-refractivity contribution >= 4 is 26.6 Å². The number of hydrogen-bond acceptors (Lipinski definition) is 9. The Morgan fingerprint density at radius 1 is 0.733 bits per heavy atom. The van der Waals surface area contributed by atoms with Crippen molar-refractivity contribution in [3.63, 3.8) is 0 Å². The summed E-state index contributed by atoms with van der Waals surface area (Å²) in [5, 5.41) is 11.4. The molecule has 0 aliphatic heterocycles. The fourth-order valence-corrected chi connectivity index (χ4v) is 5.77. The van der Waals surface area contributed by atoms with Crippen LogP contribution in [0, 0.1) is 23.2 Å². The maximum Gasteiger partial charge on any atom is 0.303 e. The molecule has 1 rings (SSSR count). The van der Waals surface area contributed by atoms with E-state index in [-0.39, 0.29) is 16.6 Å². The fraction of sp³-hybridized carbons (Fsp3) is 0.776. The number of terminal acetylenes is 1. The van der Waals surface area contributed by atoms with Gasteiger partial charge < -0.3 is 38.9 Å². The Kier molecular flexibility index (Phi) is 44.1. The van der Waals surface area contributed by atoms with Crippen LogP contribution in [0.1, 0.15) is 176 Å². The van der Waals surface area contributed by atoms with E-state index in [4.69, 9.17) is 35.2 Å². The van der Waals surface area contributed by atoms with E-state index in [1.165, 1.54) is 12.8 Å². The second-order valence-electron chi connectivity index (χ2n) is 16.4. The molecular weight excluding hydrogens is 778 g/mol. The molecule has 0 radical (unpaired) electrons. The molecule has 1 aromatic carbocycles. The van der Waals surface area contributed by atoms with Crippen LogP contribution in [0.15, 0.2) is 12.1 Å². The number of carboxylic acid groups (broad SMARTS) is 1. The molecule has 1 aromatic rings. The van der Waals surface area contributed by atoms with Crippen LogP contribution in [-0.2, 0) is 19.1 Å². The van der Waals surface area contributed by atoms with E-state index in [0.29, 0.717) is 88.3 Å². The van der Waals surface area contributed by atoms with Crippen LogP contribution in [-0.4, -0.2) is 94.8 Å². The third-order valence-electron chi connectivity index (χ3n) is 8.58. The molecule has 0 heterocycles. The molecule has 60 heavy (non-hydrogen) atoms. The van der Waals surface area contributed by atoms with Gasteiger partial charge >= 0.3 is 5.97 Å². The van der Waals surface area contributed by atoms with Gasteiger partial charge in [-0.15, -0.1) is 20.9 Å². The first-order chi connectivity index (χ1) is 28.7. The lowest BCUT2D eigenvalue weighted by molar-refractivity contribution is -0.137. The number of Topliss-reactive ketones (excluding diaryl/α,β-unsaturated/α-hetero) is 1. The van der Waals surface area contributed by atoms with E-state index in [9.17, 15) is 14.4 Å². The standard InChI is InChI=1S/C37H64NO6P.C4H8O2.C4H8O.C4H10/c1-9-13-14-15-16-17-36(5,6)28-41-29-37(7,8)30-44-35-33(42-22-21-40-20-11-3)26-31(32(39)12-4)27-34(35)43-23-25-45-24-19-38-18-10-2;1-2-3-4(5)6;1-2-3-4-5;1-3-4-2/h1,26-27,38,45H,10-25,28-30H2,2-8H3;2-3H2,1H3,(H,5,6);4H,2-3H2,1H3;3-4H2,1-2H3. The van der Waals surface area contributed by atoms with Crippen molar-refractivity contribution < 1.29 is 43.2 Å². The summed E-state index contributed by atoms with van der Waals surface area (Å²) in [4.78, 5) is 31.8. The third kappa shape index (κ3) is 39.4. The van der Waals surface area contributed by atoms with Gasteiger partial charge in [0.1, 0.15) is 12.9 Å². The molecule has 0 saturated carbocycles. The van der Waals surface area contributed by atoms with Gasteiger partial charge in [0.05, 0.1) is 33.0 Å². The first-order valence-electron chi connectivity index (χ1n) is 22.9. The smallest absolute Gasteiger partial charge is 0.303 e. The van der Waals surface area contributed by atoms with Gasteiger partial charge in [0, 0.05) is 43.3 Å². The highest BCUT2D eigenvalue weighted by Crippen LogP contribution is 2.40. The maximum absolute atomic E-state index is 12.8. The lowest BCUT2D eigenvalue weighted by Gasteiger charge is -2.29. The number of aldehydes is 1. The van der Waals surface area contributed by atoms with Crippen molar-refractivity contribution in [1.29, 1.82) is 0 Å². The van der Waals surface area contributed by atoms with Crippen molar-refractivity contribution in [2.75, 3.05) is 71.7 Å². The topological polar surface area (TPSA) is 130 Å². The number of hydrogen-bond donors (Lipinski definition) is 2. The number of carbonyl (C=O) groups excluding carboxylic acids is 2. The van der Waals surface area contributed by atoms with Crippen LogP contribution in [0.25, 0.3) is 0 Å². The van der Waals surface area contributed by atoms with E-state index in [1.807, 2.05) is 26.8 Å². The van der Waals surface area contributed by atoms with E-state index in [2.05, 4.69) is 66.6 Å². The van der Waals surface area contributed by atoms with E-state index < -0.39 is 5.97 Å². The summed E-state index contributed by atoms with van der Waals surface area (Å²) in [5.74, 6) is 3.65. The first-order valence-corrected chi connectivity index (χ1v) is 24.4. The zero-order valence-electron chi connectivity index (χ0n) is 40.2. The van der Waals surface area contributed by atoms with E-state index >= 15 is 0 Å². The Bertz CT molecular complexity index is 1210. The molecule has 0 saturated heterocycles. The predicted molar refractivity (Wildman–Crippen MR) is 254 cm³/mol. The van der Waals surface area contributed by atoms with Crippen LogP contribution in [0.5, 0.6) is 17.2 Å². The molecule has 10 nitrogen and oxygen atoms in total. The predicted octanol–water partition coefficient (Wildman–Crippen LogP) is 11.8. The molecule has 1 atom stereocenters. The molecule has 0 bridgehead atoms. The van der Waals surface area contributed by atoms with Gasteiger partial charge in [0.25, 0.3) is 0 Å². The second-order valence-corrected chi connectivity index (χ2v) is 17.9. The number of unbranched alkanes of at least 4 members (excludes halogenated alkanes) is 5. The monoisotopic (exact) mass is 868 g/mol. The average Bonchev–Trinajstić information content (AvgIpc) is 3.21. The molecule has 0 aliphatic rings. The minimum Gasteiger partial charge on any atom is -0.489 e. The summed E-state index contributed by atoms with van der Waals surface area (Å²) in [6.07, 6.45) is 21.6. The molecule has 350 valence electrons. The van der Waals surface area contributed by atoms with Gasteiger partial charge in [-0.05, 0) is 81.5 Å². The Hall–Kier alpha value is -2.70. The van der Waals surface area contributed by atoms with E-state index in [0.717, 1.165) is 98.1 Å². The summed E-state index contributed by atoms with van der Waals surface area (Å²) in [5.41, 5.74) is 0.412. The van der Waals surface area contributed by atoms with Crippen molar-refractivity contribution in [2.45, 2.75) is 166 Å². The number of ketones is 1. The number of ether oxygens (including phenoxy) is 5. The van der Waals surface area contributed by atoms with Gasteiger partial charge in [0.15, 0.2) is 17.3 Å². The summed E-state index contributed by atoms with van der Waals surface area (Å²) in [6.45, 7) is 28.9. The number of benzene rings is 1. The van der Waals surface area contributed by atoms with Crippen LogP contribution in [0.3, 0.4) is 0 Å². The maximum atomic E-state index is 12.8. The average molecular weight is 868 g/mol. The summed E-state index contributed by atoms with van der Waals surface area (Å²) in [6, 6.07) is 3.59. The normalized spacial score (nSPS) is 11.0. The zero-order chi connectivity index (χ0) is 45.9. The third-order valence-corrected chi connectivity index (χ3v) is 9.74. The van der Waals surface area contributed by atoms with Gasteiger partial charge in [-0.25, -0.2) is 0 Å². The number of rotatable bonds is 34. The lowest BCUT2D eigenvalue weighted by atomic mass is 9.87. The van der Waals surface area contributed by atoms with Crippen LogP contribution in [0.4, 0.5) is 0 Å². The van der Waals surface area contributed by atoms with Crippen LogP contribution < -0.4 is 19.5 Å². The van der Waals surface area contributed by atoms with Crippen molar-refractivity contribution in [3.05, 3.63) is 17.7 Å². The number of nitrogens with one attached hydrogen (secondary N) is 1. The van der Waals surface area contributed by atoms with Gasteiger partial charge in [-0.1, -0.05) is 102 Å². The molecule has 0 amide bonds. The van der Waals surface area contributed by atoms with Gasteiger partial charge in [0.2, 0.25) is 5.75 Å². The van der Waals surface area contributed by atoms with E-state index in [1.54, 1.807) is 6.07 Å². The highest BCUT2D eigenvalue weighted by molar-refractivity contribution is 7.38. The van der Waals surface area contributed by atoms with Crippen LogP contribution >= 0.6 is 8.58 Å². The van der Waals surface area contributed by atoms with Crippen molar-refractivity contribution in [3.8, 4) is 29.6 Å². The number of aliphatic carboxylic acids is 1. The largest absolute Gasteiger partial charge is 0.489 e.